The number of anilines is 2. The van der Waals surface area contributed by atoms with Crippen LogP contribution in [0.2, 0.25) is 0 Å². The van der Waals surface area contributed by atoms with Crippen molar-refractivity contribution in [2.24, 2.45) is 0 Å². The van der Waals surface area contributed by atoms with Gasteiger partial charge in [-0.15, -0.1) is 5.10 Å². The molecule has 2 aliphatic rings. The largest absolute Gasteiger partial charge is 0.345 e. The maximum absolute atomic E-state index is 12.2. The first-order chi connectivity index (χ1) is 17.4. The number of carbonyl (C=O) groups is 1. The average molecular weight is 480 g/mol. The van der Waals surface area contributed by atoms with Gasteiger partial charge in [0.25, 0.3) is 5.91 Å². The minimum absolute atomic E-state index is 0.0130. The number of rotatable bonds is 6. The first-order valence-corrected chi connectivity index (χ1v) is 12.5. The van der Waals surface area contributed by atoms with Crippen molar-refractivity contribution >= 4 is 17.5 Å². The molecule has 2 N–H and O–H groups in total. The van der Waals surface area contributed by atoms with Crippen molar-refractivity contribution in [1.29, 1.82) is 0 Å². The fraction of sp³-hybridized carbons (Fsp3) is 0.321. The van der Waals surface area contributed by atoms with Crippen molar-refractivity contribution < 1.29 is 4.79 Å². The van der Waals surface area contributed by atoms with Crippen molar-refractivity contribution in [2.75, 3.05) is 5.32 Å². The first kappa shape index (κ1) is 22.4. The van der Waals surface area contributed by atoms with E-state index in [2.05, 4.69) is 40.7 Å². The van der Waals surface area contributed by atoms with Gasteiger partial charge >= 0.3 is 0 Å². The van der Waals surface area contributed by atoms with Gasteiger partial charge in [0.15, 0.2) is 5.82 Å². The predicted octanol–water partition coefficient (Wildman–Crippen LogP) is 5.46. The molecule has 4 heterocycles. The molecule has 6 rings (SSSR count). The zero-order valence-electron chi connectivity index (χ0n) is 21.0. The molecule has 36 heavy (non-hydrogen) atoms. The summed E-state index contributed by atoms with van der Waals surface area (Å²) in [5, 5.41) is 11.1. The minimum Gasteiger partial charge on any atom is -0.345 e. The Labute approximate surface area is 210 Å². The van der Waals surface area contributed by atoms with E-state index in [1.54, 1.807) is 0 Å². The molecule has 0 spiro atoms. The van der Waals surface area contributed by atoms with Crippen LogP contribution in [0.3, 0.4) is 0 Å². The van der Waals surface area contributed by atoms with Crippen LogP contribution in [0.4, 0.5) is 11.6 Å². The summed E-state index contributed by atoms with van der Waals surface area (Å²) >= 11 is 0. The Balaban J connectivity index is 1.28. The third-order valence-electron chi connectivity index (χ3n) is 7.06. The quantitative estimate of drug-likeness (QED) is 0.381. The monoisotopic (exact) mass is 479 g/mol. The van der Waals surface area contributed by atoms with Crippen molar-refractivity contribution in [3.63, 3.8) is 0 Å². The normalized spacial score (nSPS) is 16.7. The topological polar surface area (TPSA) is 97.6 Å². The Bertz CT molecular complexity index is 1480. The van der Waals surface area contributed by atoms with E-state index in [4.69, 9.17) is 15.1 Å². The lowest BCUT2D eigenvalue weighted by Gasteiger charge is -2.12. The van der Waals surface area contributed by atoms with Gasteiger partial charge in [-0.25, -0.2) is 4.68 Å². The number of benzene rings is 1. The summed E-state index contributed by atoms with van der Waals surface area (Å²) < 4.78 is 1.85. The van der Waals surface area contributed by atoms with Gasteiger partial charge in [-0.05, 0) is 87.6 Å². The summed E-state index contributed by atoms with van der Waals surface area (Å²) in [6.45, 7) is 8.74. The Hall–Kier alpha value is -4.07. The number of fused-ring (bicyclic) bond motifs is 1. The van der Waals surface area contributed by atoms with Crippen molar-refractivity contribution in [3.8, 4) is 22.6 Å². The molecule has 8 nitrogen and oxygen atoms in total. The maximum atomic E-state index is 12.2. The molecule has 4 aromatic rings. The van der Waals surface area contributed by atoms with Crippen LogP contribution in [0.5, 0.6) is 0 Å². The summed E-state index contributed by atoms with van der Waals surface area (Å²) in [7, 11) is 0. The number of aromatic nitrogens is 5. The van der Waals surface area contributed by atoms with E-state index >= 15 is 0 Å². The lowest BCUT2D eigenvalue weighted by Crippen LogP contribution is -2.16. The zero-order chi connectivity index (χ0) is 25.0. The molecule has 0 bridgehead atoms. The van der Waals surface area contributed by atoms with Gasteiger partial charge in [-0.1, -0.05) is 0 Å². The molecule has 8 heteroatoms. The van der Waals surface area contributed by atoms with Crippen LogP contribution in [0, 0.1) is 13.8 Å². The van der Waals surface area contributed by atoms with Crippen LogP contribution in [0.25, 0.3) is 22.6 Å². The van der Waals surface area contributed by atoms with Crippen LogP contribution in [0.1, 0.15) is 71.4 Å². The van der Waals surface area contributed by atoms with E-state index in [0.29, 0.717) is 24.2 Å². The van der Waals surface area contributed by atoms with E-state index in [0.717, 1.165) is 44.8 Å². The molecule has 1 aliphatic carbocycles. The molecule has 1 fully saturated rings. The third-order valence-corrected chi connectivity index (χ3v) is 7.06. The minimum atomic E-state index is -0.0212. The van der Waals surface area contributed by atoms with Gasteiger partial charge in [-0.2, -0.15) is 4.98 Å². The summed E-state index contributed by atoms with van der Waals surface area (Å²) in [5.41, 5.74) is 8.66. The highest BCUT2D eigenvalue weighted by atomic mass is 16.2. The van der Waals surface area contributed by atoms with Gasteiger partial charge in [0.05, 0.1) is 11.7 Å². The number of carbonyl (C=O) groups excluding carboxylic acids is 1. The van der Waals surface area contributed by atoms with E-state index in [-0.39, 0.29) is 11.9 Å². The lowest BCUT2D eigenvalue weighted by molar-refractivity contribution is 0.0958. The number of aryl methyl sites for hydroxylation is 3. The summed E-state index contributed by atoms with van der Waals surface area (Å²) in [4.78, 5) is 26.4. The molecule has 3 aromatic heterocycles. The molecule has 1 amide bonds. The molecule has 0 saturated heterocycles. The van der Waals surface area contributed by atoms with Gasteiger partial charge in [-0.3, -0.25) is 14.8 Å². The summed E-state index contributed by atoms with van der Waals surface area (Å²) in [6.07, 6.45) is 6.25. The highest BCUT2D eigenvalue weighted by Gasteiger charge is 2.27. The van der Waals surface area contributed by atoms with Gasteiger partial charge in [0, 0.05) is 52.9 Å². The number of nitrogens with zero attached hydrogens (tertiary/aromatic N) is 5. The number of hydrogen-bond acceptors (Lipinski definition) is 6. The molecular formula is C28H29N7O. The molecule has 1 saturated carbocycles. The molecule has 1 aliphatic heterocycles. The summed E-state index contributed by atoms with van der Waals surface area (Å²) in [5.74, 6) is 1.89. The first-order valence-electron chi connectivity index (χ1n) is 12.5. The fourth-order valence-corrected chi connectivity index (χ4v) is 4.83. The second-order valence-corrected chi connectivity index (χ2v) is 9.78. The Morgan fingerprint density at radius 3 is 2.56 bits per heavy atom. The third kappa shape index (κ3) is 3.92. The van der Waals surface area contributed by atoms with Crippen LogP contribution in [0.15, 0.2) is 42.7 Å². The predicted molar refractivity (Wildman–Crippen MR) is 139 cm³/mol. The number of pyridine rings is 2. The van der Waals surface area contributed by atoms with Crippen LogP contribution >= 0.6 is 0 Å². The smallest absolute Gasteiger partial charge is 0.252 e. The van der Waals surface area contributed by atoms with Crippen molar-refractivity contribution in [2.45, 2.75) is 59.0 Å². The highest BCUT2D eigenvalue weighted by Crippen LogP contribution is 2.39. The van der Waals surface area contributed by atoms with E-state index in [9.17, 15) is 4.79 Å². The highest BCUT2D eigenvalue weighted by molar-refractivity contribution is 6.00. The van der Waals surface area contributed by atoms with E-state index < -0.39 is 0 Å². The Morgan fingerprint density at radius 1 is 1.06 bits per heavy atom. The maximum Gasteiger partial charge on any atom is 0.252 e. The molecule has 182 valence electrons. The van der Waals surface area contributed by atoms with E-state index in [1.807, 2.05) is 50.0 Å². The van der Waals surface area contributed by atoms with Gasteiger partial charge in [0.2, 0.25) is 5.95 Å². The second-order valence-electron chi connectivity index (χ2n) is 9.78. The van der Waals surface area contributed by atoms with Crippen LogP contribution < -0.4 is 10.6 Å². The molecule has 1 unspecified atom stereocenters. The summed E-state index contributed by atoms with van der Waals surface area (Å²) in [6, 6.07) is 10.3. The van der Waals surface area contributed by atoms with Crippen LogP contribution in [-0.2, 0) is 6.54 Å². The Morgan fingerprint density at radius 2 is 1.86 bits per heavy atom. The Kier molecular flexibility index (Phi) is 5.32. The van der Waals surface area contributed by atoms with Crippen molar-refractivity contribution in [3.05, 3.63) is 70.7 Å². The van der Waals surface area contributed by atoms with Crippen molar-refractivity contribution in [1.82, 2.24) is 30.0 Å². The van der Waals surface area contributed by atoms with E-state index in [1.165, 1.54) is 18.5 Å². The van der Waals surface area contributed by atoms with Crippen LogP contribution in [-0.4, -0.2) is 30.6 Å². The fourth-order valence-electron chi connectivity index (χ4n) is 4.83. The lowest BCUT2D eigenvalue weighted by atomic mass is 10.0. The molecule has 1 atom stereocenters. The number of amides is 1. The zero-order valence-corrected chi connectivity index (χ0v) is 21.0. The van der Waals surface area contributed by atoms with Gasteiger partial charge in [0.1, 0.15) is 0 Å². The SMILES string of the molecule is CCn1nc(-c2cnc(-c3ccc(C4CC4)nc3)c(C)c2)nc1Nc1cc2c(cc1C)C(=O)NC2C. The number of hydrogen-bond donors (Lipinski definition) is 2. The second kappa shape index (κ2) is 8.55. The average Bonchev–Trinajstić information content (AvgIpc) is 3.59. The molecule has 0 radical (unpaired) electrons. The number of nitrogens with one attached hydrogen (secondary N) is 2. The molecule has 1 aromatic carbocycles. The van der Waals surface area contributed by atoms with Gasteiger partial charge < -0.3 is 10.6 Å². The molecular weight excluding hydrogens is 450 g/mol. The standard InChI is InChI=1S/C28H29N7O/c1-5-35-28(32-24-12-21-17(4)31-27(36)22(21)11-15(24)2)33-26(34-35)20-10-16(3)25(30-14-20)19-8-9-23(29-13-19)18-6-7-18/h8-14,17-18H,5-7H2,1-4H3,(H,31,36)(H,32,33,34).